The highest BCUT2D eigenvalue weighted by Crippen LogP contribution is 2.41. The van der Waals surface area contributed by atoms with Crippen molar-refractivity contribution in [3.05, 3.63) is 35.4 Å². The summed E-state index contributed by atoms with van der Waals surface area (Å²) in [7, 11) is 0. The highest BCUT2D eigenvalue weighted by molar-refractivity contribution is 5.35. The predicted molar refractivity (Wildman–Crippen MR) is 80.5 cm³/mol. The lowest BCUT2D eigenvalue weighted by Crippen LogP contribution is -2.55. The van der Waals surface area contributed by atoms with Gasteiger partial charge >= 0.3 is 0 Å². The largest absolute Gasteiger partial charge is 0.311 e. The molecule has 0 aromatic heterocycles. The van der Waals surface area contributed by atoms with Crippen molar-refractivity contribution in [1.82, 2.24) is 10.2 Å². The van der Waals surface area contributed by atoms with E-state index in [4.69, 9.17) is 0 Å². The third-order valence-electron chi connectivity index (χ3n) is 4.97. The summed E-state index contributed by atoms with van der Waals surface area (Å²) in [5.41, 5.74) is 3.17. The van der Waals surface area contributed by atoms with Crippen LogP contribution in [0.2, 0.25) is 0 Å². The van der Waals surface area contributed by atoms with E-state index < -0.39 is 0 Å². The number of nitrogens with one attached hydrogen (secondary N) is 1. The molecule has 4 atom stereocenters. The van der Waals surface area contributed by atoms with Crippen molar-refractivity contribution in [3.8, 4) is 0 Å². The fourth-order valence-electron chi connectivity index (χ4n) is 3.81. The van der Waals surface area contributed by atoms with Crippen LogP contribution in [0.4, 0.5) is 0 Å². The summed E-state index contributed by atoms with van der Waals surface area (Å²) >= 11 is 0. The van der Waals surface area contributed by atoms with Crippen LogP contribution in [0.5, 0.6) is 0 Å². The number of nitrogens with zero attached hydrogens (tertiary/aromatic N) is 1. The molecule has 3 rings (SSSR count). The monoisotopic (exact) mass is 258 g/mol. The van der Waals surface area contributed by atoms with Crippen LogP contribution in [0.15, 0.2) is 24.3 Å². The summed E-state index contributed by atoms with van der Waals surface area (Å²) in [5, 5.41) is 3.59. The molecular formula is C17H26N2. The molecule has 2 nitrogen and oxygen atoms in total. The molecule has 1 aromatic carbocycles. The summed E-state index contributed by atoms with van der Waals surface area (Å²) < 4.78 is 0. The van der Waals surface area contributed by atoms with Crippen LogP contribution in [-0.4, -0.2) is 30.1 Å². The number of fused-ring (bicyclic) bond motifs is 1. The van der Waals surface area contributed by atoms with E-state index in [1.165, 1.54) is 19.4 Å². The zero-order valence-electron chi connectivity index (χ0n) is 12.4. The van der Waals surface area contributed by atoms with Gasteiger partial charge in [-0.05, 0) is 43.7 Å². The van der Waals surface area contributed by atoms with E-state index in [-0.39, 0.29) is 0 Å². The number of rotatable bonds is 1. The van der Waals surface area contributed by atoms with Gasteiger partial charge in [0, 0.05) is 31.2 Å². The second-order valence-electron chi connectivity index (χ2n) is 6.48. The maximum atomic E-state index is 3.59. The van der Waals surface area contributed by atoms with Crippen molar-refractivity contribution in [2.75, 3.05) is 13.1 Å². The first-order valence-corrected chi connectivity index (χ1v) is 7.74. The lowest BCUT2D eigenvalue weighted by atomic mass is 9.80. The van der Waals surface area contributed by atoms with Crippen molar-refractivity contribution in [2.45, 2.75) is 57.7 Å². The average Bonchev–Trinajstić information content (AvgIpc) is 2.43. The van der Waals surface area contributed by atoms with E-state index in [1.807, 2.05) is 0 Å². The van der Waals surface area contributed by atoms with E-state index in [0.29, 0.717) is 18.1 Å². The van der Waals surface area contributed by atoms with Gasteiger partial charge in [-0.25, -0.2) is 0 Å². The fourth-order valence-corrected chi connectivity index (χ4v) is 3.81. The fraction of sp³-hybridized carbons (Fsp3) is 0.647. The molecule has 0 amide bonds. The molecule has 1 aliphatic heterocycles. The van der Waals surface area contributed by atoms with Crippen molar-refractivity contribution >= 4 is 0 Å². The molecule has 0 bridgehead atoms. The maximum Gasteiger partial charge on any atom is 0.0355 e. The number of hydrogen-bond donors (Lipinski definition) is 1. The molecule has 0 radical (unpaired) electrons. The Bertz CT molecular complexity index is 443. The third kappa shape index (κ3) is 2.44. The Hall–Kier alpha value is -0.860. The van der Waals surface area contributed by atoms with E-state index in [0.717, 1.165) is 12.5 Å². The Morgan fingerprint density at radius 1 is 1.05 bits per heavy atom. The number of piperazine rings is 1. The molecule has 1 N–H and O–H groups in total. The van der Waals surface area contributed by atoms with Gasteiger partial charge in [0.1, 0.15) is 0 Å². The molecule has 1 aliphatic carbocycles. The van der Waals surface area contributed by atoms with Crippen LogP contribution in [0.1, 0.15) is 56.7 Å². The quantitative estimate of drug-likeness (QED) is 0.831. The molecule has 104 valence electrons. The summed E-state index contributed by atoms with van der Waals surface area (Å²) in [6, 6.07) is 11.0. The van der Waals surface area contributed by atoms with Crippen LogP contribution in [0, 0.1) is 0 Å². The van der Waals surface area contributed by atoms with Crippen molar-refractivity contribution < 1.29 is 0 Å². The lowest BCUT2D eigenvalue weighted by molar-refractivity contribution is 0.0829. The number of hydrogen-bond acceptors (Lipinski definition) is 2. The average molecular weight is 258 g/mol. The summed E-state index contributed by atoms with van der Waals surface area (Å²) in [4.78, 5) is 2.73. The molecule has 2 heteroatoms. The van der Waals surface area contributed by atoms with Gasteiger partial charge in [-0.3, -0.25) is 4.90 Å². The summed E-state index contributed by atoms with van der Waals surface area (Å²) in [6.07, 6.45) is 2.64. The minimum atomic E-state index is 0.614. The third-order valence-corrected chi connectivity index (χ3v) is 4.97. The molecule has 1 fully saturated rings. The Kier molecular flexibility index (Phi) is 3.64. The van der Waals surface area contributed by atoms with Crippen LogP contribution in [0.25, 0.3) is 0 Å². The molecular weight excluding hydrogens is 232 g/mol. The minimum Gasteiger partial charge on any atom is -0.311 e. The number of benzene rings is 1. The smallest absolute Gasteiger partial charge is 0.0355 e. The second kappa shape index (κ2) is 5.26. The minimum absolute atomic E-state index is 0.614. The molecule has 1 saturated heterocycles. The molecule has 1 aromatic rings. The highest BCUT2D eigenvalue weighted by atomic mass is 15.2. The van der Waals surface area contributed by atoms with Crippen LogP contribution in [0.3, 0.4) is 0 Å². The lowest BCUT2D eigenvalue weighted by Gasteiger charge is -2.45. The van der Waals surface area contributed by atoms with Crippen LogP contribution < -0.4 is 5.32 Å². The van der Waals surface area contributed by atoms with Gasteiger partial charge in [0.25, 0.3) is 0 Å². The maximum absolute atomic E-state index is 3.59. The molecule has 4 unspecified atom stereocenters. The van der Waals surface area contributed by atoms with Crippen molar-refractivity contribution in [3.63, 3.8) is 0 Å². The van der Waals surface area contributed by atoms with Gasteiger partial charge in [0.2, 0.25) is 0 Å². The van der Waals surface area contributed by atoms with E-state index >= 15 is 0 Å². The second-order valence-corrected chi connectivity index (χ2v) is 6.48. The van der Waals surface area contributed by atoms with Gasteiger partial charge < -0.3 is 5.32 Å². The molecule has 2 aliphatic rings. The van der Waals surface area contributed by atoms with E-state index in [1.54, 1.807) is 11.1 Å². The Morgan fingerprint density at radius 2 is 1.79 bits per heavy atom. The van der Waals surface area contributed by atoms with Gasteiger partial charge in [0.15, 0.2) is 0 Å². The SMILES string of the molecule is CC1CN(C2CCC(C)c3ccccc32)C(C)CN1. The highest BCUT2D eigenvalue weighted by Gasteiger charge is 2.33. The van der Waals surface area contributed by atoms with Gasteiger partial charge in [-0.1, -0.05) is 31.2 Å². The summed E-state index contributed by atoms with van der Waals surface area (Å²) in [5.74, 6) is 0.725. The molecule has 0 spiro atoms. The van der Waals surface area contributed by atoms with Crippen LogP contribution >= 0.6 is 0 Å². The predicted octanol–water partition coefficient (Wildman–Crippen LogP) is 3.31. The first-order chi connectivity index (χ1) is 9.16. The van der Waals surface area contributed by atoms with Crippen molar-refractivity contribution in [1.29, 1.82) is 0 Å². The van der Waals surface area contributed by atoms with Crippen LogP contribution in [-0.2, 0) is 0 Å². The van der Waals surface area contributed by atoms with Gasteiger partial charge in [0.05, 0.1) is 0 Å². The normalized spacial score (nSPS) is 35.9. The first kappa shape index (κ1) is 13.1. The van der Waals surface area contributed by atoms with Gasteiger partial charge in [-0.15, -0.1) is 0 Å². The standard InChI is InChI=1S/C17H26N2/c1-12-8-9-17(16-7-5-4-6-15(12)16)19-11-13(2)18-10-14(19)3/h4-7,12-14,17-18H,8-11H2,1-3H3. The Balaban J connectivity index is 1.91. The first-order valence-electron chi connectivity index (χ1n) is 7.74. The molecule has 19 heavy (non-hydrogen) atoms. The zero-order chi connectivity index (χ0) is 13.4. The summed E-state index contributed by atoms with van der Waals surface area (Å²) in [6.45, 7) is 9.33. The van der Waals surface area contributed by atoms with Crippen molar-refractivity contribution in [2.24, 2.45) is 0 Å². The van der Waals surface area contributed by atoms with Gasteiger partial charge in [-0.2, -0.15) is 0 Å². The molecule has 0 saturated carbocycles. The topological polar surface area (TPSA) is 15.3 Å². The van der Waals surface area contributed by atoms with E-state index in [9.17, 15) is 0 Å². The Labute approximate surface area is 117 Å². The zero-order valence-corrected chi connectivity index (χ0v) is 12.4. The van der Waals surface area contributed by atoms with E-state index in [2.05, 4.69) is 55.3 Å². The Morgan fingerprint density at radius 3 is 2.58 bits per heavy atom. The molecule has 1 heterocycles.